The van der Waals surface area contributed by atoms with Gasteiger partial charge in [0.1, 0.15) is 12.4 Å². The molecule has 1 aromatic carbocycles. The third kappa shape index (κ3) is 4.56. The SMILES string of the molecule is Cc1ccc(OCCN2CCC(CC(=O)O)C2)cc1. The third-order valence-corrected chi connectivity index (χ3v) is 3.53. The Kier molecular flexibility index (Phi) is 4.80. The van der Waals surface area contributed by atoms with Gasteiger partial charge in [-0.05, 0) is 37.9 Å². The molecule has 1 atom stereocenters. The van der Waals surface area contributed by atoms with Crippen LogP contribution in [-0.4, -0.2) is 42.2 Å². The molecule has 1 aliphatic heterocycles. The monoisotopic (exact) mass is 263 g/mol. The van der Waals surface area contributed by atoms with Crippen LogP contribution in [0.15, 0.2) is 24.3 Å². The topological polar surface area (TPSA) is 49.8 Å². The minimum atomic E-state index is -0.692. The van der Waals surface area contributed by atoms with Crippen molar-refractivity contribution in [1.82, 2.24) is 4.90 Å². The van der Waals surface area contributed by atoms with E-state index in [1.807, 2.05) is 24.3 Å². The summed E-state index contributed by atoms with van der Waals surface area (Å²) in [4.78, 5) is 12.9. The summed E-state index contributed by atoms with van der Waals surface area (Å²) in [7, 11) is 0. The lowest BCUT2D eigenvalue weighted by molar-refractivity contribution is -0.138. The number of hydrogen-bond donors (Lipinski definition) is 1. The molecule has 1 unspecified atom stereocenters. The Morgan fingerprint density at radius 3 is 2.84 bits per heavy atom. The van der Waals surface area contributed by atoms with E-state index < -0.39 is 5.97 Å². The zero-order chi connectivity index (χ0) is 13.7. The fourth-order valence-corrected chi connectivity index (χ4v) is 2.46. The molecule has 1 aliphatic rings. The predicted octanol–water partition coefficient (Wildman–Crippen LogP) is 2.17. The molecule has 0 bridgehead atoms. The maximum atomic E-state index is 10.6. The molecule has 1 fully saturated rings. The van der Waals surface area contributed by atoms with Crippen LogP contribution < -0.4 is 4.74 Å². The average molecular weight is 263 g/mol. The summed E-state index contributed by atoms with van der Waals surface area (Å²) >= 11 is 0. The second-order valence-corrected chi connectivity index (χ2v) is 5.21. The normalized spacial score (nSPS) is 19.5. The third-order valence-electron chi connectivity index (χ3n) is 3.53. The highest BCUT2D eigenvalue weighted by Crippen LogP contribution is 2.19. The highest BCUT2D eigenvalue weighted by atomic mass is 16.5. The van der Waals surface area contributed by atoms with Crippen molar-refractivity contribution in [2.24, 2.45) is 5.92 Å². The number of likely N-dealkylation sites (tertiary alicyclic amines) is 1. The van der Waals surface area contributed by atoms with Gasteiger partial charge in [-0.2, -0.15) is 0 Å². The molecule has 1 N–H and O–H groups in total. The van der Waals surface area contributed by atoms with Crippen molar-refractivity contribution >= 4 is 5.97 Å². The van der Waals surface area contributed by atoms with Crippen molar-refractivity contribution in [2.45, 2.75) is 19.8 Å². The van der Waals surface area contributed by atoms with Gasteiger partial charge in [-0.3, -0.25) is 9.69 Å². The summed E-state index contributed by atoms with van der Waals surface area (Å²) in [6.45, 7) is 5.43. The minimum Gasteiger partial charge on any atom is -0.492 e. The first-order valence-corrected chi connectivity index (χ1v) is 6.77. The van der Waals surface area contributed by atoms with Crippen LogP contribution in [0.3, 0.4) is 0 Å². The first-order valence-electron chi connectivity index (χ1n) is 6.77. The number of hydrogen-bond acceptors (Lipinski definition) is 3. The fourth-order valence-electron chi connectivity index (χ4n) is 2.46. The summed E-state index contributed by atoms with van der Waals surface area (Å²) in [5.74, 6) is 0.506. The van der Waals surface area contributed by atoms with Crippen molar-refractivity contribution in [1.29, 1.82) is 0 Å². The Hall–Kier alpha value is -1.55. The maximum absolute atomic E-state index is 10.6. The van der Waals surface area contributed by atoms with E-state index in [9.17, 15) is 4.79 Å². The summed E-state index contributed by atoms with van der Waals surface area (Å²) in [6, 6.07) is 8.03. The van der Waals surface area contributed by atoms with Crippen LogP contribution in [0, 0.1) is 12.8 Å². The number of carboxylic acids is 1. The molecule has 4 nitrogen and oxygen atoms in total. The molecule has 1 saturated heterocycles. The lowest BCUT2D eigenvalue weighted by atomic mass is 10.1. The van der Waals surface area contributed by atoms with Crippen LogP contribution in [0.1, 0.15) is 18.4 Å². The van der Waals surface area contributed by atoms with Crippen LogP contribution in [0.25, 0.3) is 0 Å². The lowest BCUT2D eigenvalue weighted by Gasteiger charge is -2.16. The van der Waals surface area contributed by atoms with Gasteiger partial charge in [0.25, 0.3) is 0 Å². The van der Waals surface area contributed by atoms with Crippen molar-refractivity contribution in [2.75, 3.05) is 26.2 Å². The predicted molar refractivity (Wildman–Crippen MR) is 73.5 cm³/mol. The van der Waals surface area contributed by atoms with Crippen LogP contribution >= 0.6 is 0 Å². The number of rotatable bonds is 6. The molecule has 0 spiro atoms. The zero-order valence-corrected chi connectivity index (χ0v) is 11.3. The van der Waals surface area contributed by atoms with E-state index in [1.54, 1.807) is 0 Å². The van der Waals surface area contributed by atoms with Crippen LogP contribution in [-0.2, 0) is 4.79 Å². The lowest BCUT2D eigenvalue weighted by Crippen LogP contribution is -2.26. The van der Waals surface area contributed by atoms with Crippen molar-refractivity contribution in [3.05, 3.63) is 29.8 Å². The van der Waals surface area contributed by atoms with E-state index >= 15 is 0 Å². The summed E-state index contributed by atoms with van der Waals surface area (Å²) in [6.07, 6.45) is 1.27. The van der Waals surface area contributed by atoms with Crippen molar-refractivity contribution < 1.29 is 14.6 Å². The Morgan fingerprint density at radius 1 is 1.42 bits per heavy atom. The number of carboxylic acid groups (broad SMARTS) is 1. The van der Waals surface area contributed by atoms with Crippen LogP contribution in [0.4, 0.5) is 0 Å². The van der Waals surface area contributed by atoms with Crippen LogP contribution in [0.2, 0.25) is 0 Å². The molecule has 0 aliphatic carbocycles. The number of aryl methyl sites for hydroxylation is 1. The van der Waals surface area contributed by atoms with Gasteiger partial charge in [-0.15, -0.1) is 0 Å². The second-order valence-electron chi connectivity index (χ2n) is 5.21. The Bertz CT molecular complexity index is 416. The molecular formula is C15H21NO3. The number of nitrogens with zero attached hydrogens (tertiary/aromatic N) is 1. The molecule has 1 aromatic rings. The van der Waals surface area contributed by atoms with Gasteiger partial charge >= 0.3 is 5.97 Å². The Labute approximate surface area is 114 Å². The molecule has 1 heterocycles. The van der Waals surface area contributed by atoms with E-state index in [1.165, 1.54) is 5.56 Å². The van der Waals surface area contributed by atoms with Gasteiger partial charge < -0.3 is 9.84 Å². The molecule has 0 amide bonds. The number of carbonyl (C=O) groups is 1. The highest BCUT2D eigenvalue weighted by molar-refractivity contribution is 5.67. The van der Waals surface area contributed by atoms with E-state index in [2.05, 4.69) is 11.8 Å². The van der Waals surface area contributed by atoms with E-state index in [-0.39, 0.29) is 6.42 Å². The van der Waals surface area contributed by atoms with Gasteiger partial charge in [-0.1, -0.05) is 17.7 Å². The summed E-state index contributed by atoms with van der Waals surface area (Å²) in [5.41, 5.74) is 1.23. The molecule has 19 heavy (non-hydrogen) atoms. The molecule has 0 aromatic heterocycles. The smallest absolute Gasteiger partial charge is 0.303 e. The first kappa shape index (κ1) is 13.9. The number of benzene rings is 1. The van der Waals surface area contributed by atoms with Crippen molar-refractivity contribution in [3.8, 4) is 5.75 Å². The minimum absolute atomic E-state index is 0.287. The van der Waals surface area contributed by atoms with Crippen LogP contribution in [0.5, 0.6) is 5.75 Å². The molecule has 0 radical (unpaired) electrons. The van der Waals surface area contributed by atoms with Gasteiger partial charge in [0.2, 0.25) is 0 Å². The zero-order valence-electron chi connectivity index (χ0n) is 11.3. The maximum Gasteiger partial charge on any atom is 0.303 e. The summed E-state index contributed by atoms with van der Waals surface area (Å²) in [5, 5.41) is 8.76. The van der Waals surface area contributed by atoms with E-state index in [4.69, 9.17) is 9.84 Å². The summed E-state index contributed by atoms with van der Waals surface area (Å²) < 4.78 is 5.68. The van der Waals surface area contributed by atoms with Crippen molar-refractivity contribution in [3.63, 3.8) is 0 Å². The standard InChI is InChI=1S/C15H21NO3/c1-12-2-4-14(5-3-12)19-9-8-16-7-6-13(11-16)10-15(17)18/h2-5,13H,6-11H2,1H3,(H,17,18). The van der Waals surface area contributed by atoms with E-state index in [0.29, 0.717) is 12.5 Å². The average Bonchev–Trinajstić information content (AvgIpc) is 2.78. The van der Waals surface area contributed by atoms with Gasteiger partial charge in [-0.25, -0.2) is 0 Å². The first-order chi connectivity index (χ1) is 9.13. The molecule has 2 rings (SSSR count). The second kappa shape index (κ2) is 6.57. The number of aliphatic carboxylic acids is 1. The molecule has 104 valence electrons. The molecular weight excluding hydrogens is 242 g/mol. The largest absolute Gasteiger partial charge is 0.492 e. The molecule has 0 saturated carbocycles. The van der Waals surface area contributed by atoms with Gasteiger partial charge in [0, 0.05) is 19.5 Å². The quantitative estimate of drug-likeness (QED) is 0.854. The van der Waals surface area contributed by atoms with E-state index in [0.717, 1.165) is 31.8 Å². The molecule has 4 heteroatoms. The fraction of sp³-hybridized carbons (Fsp3) is 0.533. The Morgan fingerprint density at radius 2 is 2.16 bits per heavy atom. The number of ether oxygens (including phenoxy) is 1. The van der Waals surface area contributed by atoms with Gasteiger partial charge in [0.15, 0.2) is 0 Å². The van der Waals surface area contributed by atoms with Gasteiger partial charge in [0.05, 0.1) is 0 Å². The highest BCUT2D eigenvalue weighted by Gasteiger charge is 2.23. The Balaban J connectivity index is 1.66.